The maximum Gasteiger partial charge on any atom is 0.328 e. The van der Waals surface area contributed by atoms with E-state index in [1.54, 1.807) is 12.1 Å². The van der Waals surface area contributed by atoms with Gasteiger partial charge >= 0.3 is 5.97 Å². The van der Waals surface area contributed by atoms with E-state index in [-0.39, 0.29) is 5.91 Å². The number of nitrogens with one attached hydrogen (secondary N) is 2. The molecule has 25 heavy (non-hydrogen) atoms. The molecule has 2 aromatic heterocycles. The molecule has 1 amide bonds. The highest BCUT2D eigenvalue weighted by molar-refractivity contribution is 5.96. The van der Waals surface area contributed by atoms with E-state index in [4.69, 9.17) is 4.74 Å². The first-order chi connectivity index (χ1) is 12.1. The van der Waals surface area contributed by atoms with Gasteiger partial charge in [-0.05, 0) is 30.7 Å². The molecule has 0 saturated heterocycles. The number of esters is 1. The maximum absolute atomic E-state index is 12.4. The fourth-order valence-electron chi connectivity index (χ4n) is 2.70. The van der Waals surface area contributed by atoms with Crippen LogP contribution >= 0.6 is 0 Å². The quantitative estimate of drug-likeness (QED) is 0.700. The minimum absolute atomic E-state index is 0.335. The van der Waals surface area contributed by atoms with Crippen molar-refractivity contribution in [3.05, 3.63) is 65.6 Å². The SMILES string of the molecule is COC(=O)[C@@H](Cc1c[nH]c2ccccc12)NC(=O)c1ccc(C)nc1. The number of hydrogen-bond acceptors (Lipinski definition) is 4. The second kappa shape index (κ2) is 7.17. The molecule has 0 aliphatic rings. The first kappa shape index (κ1) is 16.7. The van der Waals surface area contributed by atoms with Crippen LogP contribution in [0.2, 0.25) is 0 Å². The topological polar surface area (TPSA) is 84.1 Å². The maximum atomic E-state index is 12.4. The van der Waals surface area contributed by atoms with Gasteiger partial charge in [-0.15, -0.1) is 0 Å². The lowest BCUT2D eigenvalue weighted by atomic mass is 10.0. The number of aromatic amines is 1. The lowest BCUT2D eigenvalue weighted by molar-refractivity contribution is -0.142. The van der Waals surface area contributed by atoms with Crippen molar-refractivity contribution in [1.29, 1.82) is 0 Å². The fraction of sp³-hybridized carbons (Fsp3) is 0.211. The number of carbonyl (C=O) groups is 2. The van der Waals surface area contributed by atoms with Gasteiger partial charge in [-0.25, -0.2) is 4.79 Å². The Morgan fingerprint density at radius 1 is 1.24 bits per heavy atom. The molecule has 1 atom stereocenters. The van der Waals surface area contributed by atoms with Crippen LogP contribution in [0.5, 0.6) is 0 Å². The zero-order valence-electron chi connectivity index (χ0n) is 14.1. The first-order valence-corrected chi connectivity index (χ1v) is 7.95. The van der Waals surface area contributed by atoms with Gasteiger partial charge in [0.15, 0.2) is 0 Å². The third-order valence-electron chi connectivity index (χ3n) is 4.06. The molecule has 2 heterocycles. The van der Waals surface area contributed by atoms with E-state index in [0.717, 1.165) is 22.2 Å². The third-order valence-corrected chi connectivity index (χ3v) is 4.06. The van der Waals surface area contributed by atoms with Crippen molar-refractivity contribution in [2.45, 2.75) is 19.4 Å². The van der Waals surface area contributed by atoms with Gasteiger partial charge < -0.3 is 15.0 Å². The highest BCUT2D eigenvalue weighted by Gasteiger charge is 2.24. The van der Waals surface area contributed by atoms with Crippen molar-refractivity contribution >= 4 is 22.8 Å². The summed E-state index contributed by atoms with van der Waals surface area (Å²) in [6.45, 7) is 1.84. The van der Waals surface area contributed by atoms with Gasteiger partial charge in [0.25, 0.3) is 5.91 Å². The average Bonchev–Trinajstić information content (AvgIpc) is 3.04. The molecule has 0 bridgehead atoms. The Balaban J connectivity index is 1.81. The van der Waals surface area contributed by atoms with Crippen LogP contribution in [0.15, 0.2) is 48.8 Å². The number of H-pyrrole nitrogens is 1. The normalized spacial score (nSPS) is 11.9. The van der Waals surface area contributed by atoms with Crippen molar-refractivity contribution in [3.63, 3.8) is 0 Å². The summed E-state index contributed by atoms with van der Waals surface area (Å²) in [7, 11) is 1.31. The van der Waals surface area contributed by atoms with E-state index >= 15 is 0 Å². The molecule has 1 aromatic carbocycles. The number of fused-ring (bicyclic) bond motifs is 1. The Hall–Kier alpha value is -3.15. The lowest BCUT2D eigenvalue weighted by Gasteiger charge is -2.16. The summed E-state index contributed by atoms with van der Waals surface area (Å²) < 4.78 is 4.85. The van der Waals surface area contributed by atoms with E-state index in [1.807, 2.05) is 37.4 Å². The minimum atomic E-state index is -0.780. The predicted octanol–water partition coefficient (Wildman–Crippen LogP) is 2.39. The molecule has 0 spiro atoms. The van der Waals surface area contributed by atoms with Crippen molar-refractivity contribution in [2.75, 3.05) is 7.11 Å². The van der Waals surface area contributed by atoms with Gasteiger partial charge in [-0.1, -0.05) is 18.2 Å². The molecule has 0 aliphatic heterocycles. The number of benzene rings is 1. The molecular weight excluding hydrogens is 318 g/mol. The number of hydrogen-bond donors (Lipinski definition) is 2. The molecule has 128 valence electrons. The predicted molar refractivity (Wildman–Crippen MR) is 94.2 cm³/mol. The van der Waals surface area contributed by atoms with Crippen LogP contribution in [0.1, 0.15) is 21.6 Å². The molecule has 0 saturated carbocycles. The zero-order valence-corrected chi connectivity index (χ0v) is 14.1. The average molecular weight is 337 g/mol. The van der Waals surface area contributed by atoms with Gasteiger partial charge in [0.05, 0.1) is 12.7 Å². The molecule has 6 heteroatoms. The van der Waals surface area contributed by atoms with Crippen LogP contribution in [-0.4, -0.2) is 35.0 Å². The van der Waals surface area contributed by atoms with Crippen molar-refractivity contribution < 1.29 is 14.3 Å². The van der Waals surface area contributed by atoms with Crippen LogP contribution in [0, 0.1) is 6.92 Å². The highest BCUT2D eigenvalue weighted by atomic mass is 16.5. The Kier molecular flexibility index (Phi) is 4.79. The van der Waals surface area contributed by atoms with Crippen LogP contribution in [-0.2, 0) is 16.0 Å². The summed E-state index contributed by atoms with van der Waals surface area (Å²) in [5.41, 5.74) is 3.14. The Morgan fingerprint density at radius 2 is 2.04 bits per heavy atom. The Labute approximate surface area is 145 Å². The monoisotopic (exact) mass is 337 g/mol. The van der Waals surface area contributed by atoms with E-state index in [9.17, 15) is 9.59 Å². The summed E-state index contributed by atoms with van der Waals surface area (Å²) >= 11 is 0. The van der Waals surface area contributed by atoms with Gasteiger partial charge in [0, 0.05) is 35.4 Å². The zero-order chi connectivity index (χ0) is 17.8. The van der Waals surface area contributed by atoms with Gasteiger partial charge in [-0.3, -0.25) is 9.78 Å². The number of rotatable bonds is 5. The summed E-state index contributed by atoms with van der Waals surface area (Å²) in [5.74, 6) is -0.846. The smallest absolute Gasteiger partial charge is 0.328 e. The summed E-state index contributed by atoms with van der Waals surface area (Å²) in [6.07, 6.45) is 3.67. The third kappa shape index (κ3) is 3.68. The Bertz CT molecular complexity index is 900. The number of nitrogens with zero attached hydrogens (tertiary/aromatic N) is 1. The number of ether oxygens (including phenoxy) is 1. The molecule has 2 N–H and O–H groups in total. The van der Waals surface area contributed by atoms with Crippen molar-refractivity contribution in [3.8, 4) is 0 Å². The van der Waals surface area contributed by atoms with Crippen LogP contribution in [0.4, 0.5) is 0 Å². The number of amides is 1. The number of pyridine rings is 1. The fourth-order valence-corrected chi connectivity index (χ4v) is 2.70. The van der Waals surface area contributed by atoms with Gasteiger partial charge in [-0.2, -0.15) is 0 Å². The van der Waals surface area contributed by atoms with E-state index in [2.05, 4.69) is 15.3 Å². The van der Waals surface area contributed by atoms with Gasteiger partial charge in [0.2, 0.25) is 0 Å². The number of para-hydroxylation sites is 1. The number of aryl methyl sites for hydroxylation is 1. The minimum Gasteiger partial charge on any atom is -0.467 e. The second-order valence-corrected chi connectivity index (χ2v) is 5.80. The lowest BCUT2D eigenvalue weighted by Crippen LogP contribution is -2.43. The van der Waals surface area contributed by atoms with Crippen LogP contribution < -0.4 is 5.32 Å². The molecule has 3 rings (SSSR count). The number of methoxy groups -OCH3 is 1. The van der Waals surface area contributed by atoms with Crippen LogP contribution in [0.25, 0.3) is 10.9 Å². The molecule has 0 radical (unpaired) electrons. The largest absolute Gasteiger partial charge is 0.467 e. The van der Waals surface area contributed by atoms with Gasteiger partial charge in [0.1, 0.15) is 6.04 Å². The first-order valence-electron chi connectivity index (χ1n) is 7.95. The summed E-state index contributed by atoms with van der Waals surface area (Å²) in [4.78, 5) is 31.8. The summed E-state index contributed by atoms with van der Waals surface area (Å²) in [6, 6.07) is 10.5. The molecule has 6 nitrogen and oxygen atoms in total. The van der Waals surface area contributed by atoms with E-state index in [1.165, 1.54) is 13.3 Å². The number of aromatic nitrogens is 2. The molecule has 0 unspecified atom stereocenters. The van der Waals surface area contributed by atoms with E-state index in [0.29, 0.717) is 12.0 Å². The number of carbonyl (C=O) groups excluding carboxylic acids is 2. The standard InChI is InChI=1S/C19H19N3O3/c1-12-7-8-13(10-20-12)18(23)22-17(19(24)25-2)9-14-11-21-16-6-4-3-5-15(14)16/h3-8,10-11,17,21H,9H2,1-2H3,(H,22,23)/t17-/m1/s1. The Morgan fingerprint density at radius 3 is 2.76 bits per heavy atom. The van der Waals surface area contributed by atoms with Crippen molar-refractivity contribution in [1.82, 2.24) is 15.3 Å². The van der Waals surface area contributed by atoms with Crippen LogP contribution in [0.3, 0.4) is 0 Å². The highest BCUT2D eigenvalue weighted by Crippen LogP contribution is 2.19. The summed E-state index contributed by atoms with van der Waals surface area (Å²) in [5, 5.41) is 3.76. The second-order valence-electron chi connectivity index (χ2n) is 5.80. The van der Waals surface area contributed by atoms with Crippen molar-refractivity contribution in [2.24, 2.45) is 0 Å². The molecule has 3 aromatic rings. The molecule has 0 fully saturated rings. The molecular formula is C19H19N3O3. The van der Waals surface area contributed by atoms with E-state index < -0.39 is 12.0 Å². The molecule has 0 aliphatic carbocycles.